The molecule has 0 radical (unpaired) electrons. The first-order chi connectivity index (χ1) is 29.0. The minimum absolute atomic E-state index is 0. The molecule has 0 unspecified atom stereocenters. The third kappa shape index (κ3) is 55.6. The van der Waals surface area contributed by atoms with E-state index >= 15 is 0 Å². The molecule has 0 spiro atoms. The van der Waals surface area contributed by atoms with Gasteiger partial charge in [-0.2, -0.15) is 13.5 Å². The third-order valence-corrected chi connectivity index (χ3v) is 20.4. The zero-order chi connectivity index (χ0) is 47.4. The van der Waals surface area contributed by atoms with Crippen molar-refractivity contribution in [3.63, 3.8) is 0 Å². The number of carbonyl (C=O) groups is 2. The Morgan fingerprint density at radius 1 is 0.656 bits per heavy atom. The summed E-state index contributed by atoms with van der Waals surface area (Å²) in [6.45, 7) is 31.7. The van der Waals surface area contributed by atoms with E-state index in [9.17, 15) is 9.59 Å². The van der Waals surface area contributed by atoms with Gasteiger partial charge in [-0.25, -0.2) is 4.79 Å². The summed E-state index contributed by atoms with van der Waals surface area (Å²) in [6, 6.07) is 5.74. The van der Waals surface area contributed by atoms with Crippen LogP contribution in [0.15, 0.2) is 29.3 Å². The number of hydrogen-bond acceptors (Lipinski definition) is 4. The molecule has 0 saturated heterocycles. The monoisotopic (exact) mass is 1260 g/mol. The number of rotatable bonds is 25. The molecule has 368 valence electrons. The van der Waals surface area contributed by atoms with Crippen molar-refractivity contribution in [3.05, 3.63) is 36.3 Å². The number of ether oxygens (including phenoxy) is 1. The summed E-state index contributed by atoms with van der Waals surface area (Å²) in [5, 5.41) is 2.64. The molecule has 0 aromatic heterocycles. The Kier molecular flexibility index (Phi) is 82.5. The predicted molar refractivity (Wildman–Crippen MR) is 287 cm³/mol. The fourth-order valence-electron chi connectivity index (χ4n) is 5.34. The van der Waals surface area contributed by atoms with Gasteiger partial charge in [0, 0.05) is 11.3 Å². The number of aliphatic imine (C=N–C) groups is 1. The van der Waals surface area contributed by atoms with Crippen molar-refractivity contribution in [2.45, 2.75) is 154 Å². The van der Waals surface area contributed by atoms with Gasteiger partial charge in [0.1, 0.15) is 6.04 Å². The molecule has 61 heavy (non-hydrogen) atoms. The van der Waals surface area contributed by atoms with Crippen molar-refractivity contribution in [1.29, 1.82) is 0 Å². The second kappa shape index (κ2) is 65.7. The minimum atomic E-state index is -0.708. The Labute approximate surface area is 423 Å². The van der Waals surface area contributed by atoms with Gasteiger partial charge in [-0.3, -0.25) is 4.79 Å². The van der Waals surface area contributed by atoms with E-state index in [0.29, 0.717) is 49.5 Å². The maximum absolute atomic E-state index is 12.2. The maximum atomic E-state index is 12.2. The van der Waals surface area contributed by atoms with Gasteiger partial charge in [0.05, 0.1) is 6.61 Å². The Balaban J connectivity index is -0.000000143. The summed E-state index contributed by atoms with van der Waals surface area (Å²) in [4.78, 5) is 28.0. The van der Waals surface area contributed by atoms with Crippen LogP contribution in [0.3, 0.4) is 0 Å². The van der Waals surface area contributed by atoms with E-state index in [4.69, 9.17) is 11.2 Å². The Bertz CT molecular complexity index is 997. The average Bonchev–Trinajstić information content (AvgIpc) is 3.29. The number of esters is 1. The van der Waals surface area contributed by atoms with E-state index in [0.717, 1.165) is 12.8 Å². The van der Waals surface area contributed by atoms with Crippen LogP contribution in [0.1, 0.15) is 159 Å². The number of amides is 1. The SMILES string of the molecule is CCP(CC)CC.CCP(CC)CC.CCP(CC)CC.CCP(CC)CC.S.[C-]#C[C-]=Nc1ccc(C(=O)N[C@@H](C)C(=O)OCCCCCCCCCC)cc1.[Cl][Pd+].[Cl][Pt+]. The number of benzene rings is 1. The number of carbonyl (C=O) groups excluding carboxylic acids is 2. The fourth-order valence-corrected chi connectivity index (χ4v) is 10.7. The van der Waals surface area contributed by atoms with Crippen LogP contribution in [0.5, 0.6) is 0 Å². The molecule has 0 aliphatic heterocycles. The summed E-state index contributed by atoms with van der Waals surface area (Å²) in [5.41, 5.74) is 0.981. The summed E-state index contributed by atoms with van der Waals surface area (Å²) in [7, 11) is 10.9. The van der Waals surface area contributed by atoms with Crippen molar-refractivity contribution in [2.24, 2.45) is 4.99 Å². The van der Waals surface area contributed by atoms with E-state index in [1.807, 2.05) is 5.92 Å². The van der Waals surface area contributed by atoms with E-state index in [1.165, 1.54) is 112 Å². The number of hydrogen-bond donors (Lipinski definition) is 1. The van der Waals surface area contributed by atoms with E-state index in [2.05, 4.69) is 144 Å². The molecule has 1 rings (SSSR count). The Morgan fingerprint density at radius 3 is 1.25 bits per heavy atom. The summed E-state index contributed by atoms with van der Waals surface area (Å²) in [6.07, 6.45) is 35.5. The first-order valence-corrected chi connectivity index (χ1v) is 35.0. The molecular weight excluding hydrogens is 1170 g/mol. The summed E-state index contributed by atoms with van der Waals surface area (Å²) < 4.78 is 5.25. The first kappa shape index (κ1) is 76.6. The number of nitrogens with zero attached hydrogens (tertiary/aromatic N) is 1. The van der Waals surface area contributed by atoms with E-state index in [-0.39, 0.29) is 19.4 Å². The standard InChI is InChI=1S/C23H30N2O3.4C6H15P.2ClH.Pd.Pt.H2S/c1-4-6-7-8-9-10-11-12-18-28-23(27)19(3)25-22(26)20-13-15-21(16-14-20)24-17-5-2;4*1-4-7(5-2)6-3;;;;;/h13-16,19H,4,6-12,18H2,1,3H3,(H,25,26);4*4-6H2,1-3H3;2*1H;;;1H2/q-2;;;;;;;2*+2;/p-2/t19-;;;;;;;;;/m0........./s1. The summed E-state index contributed by atoms with van der Waals surface area (Å²) >= 11 is 3.83. The van der Waals surface area contributed by atoms with Crippen molar-refractivity contribution >= 4 is 87.9 Å². The number of unbranched alkanes of at least 4 members (excludes halogenated alkanes) is 7. The quantitative estimate of drug-likeness (QED) is 0.0202. The normalized spacial score (nSPS) is 10.3. The first-order valence-electron chi connectivity index (χ1n) is 22.6. The molecule has 14 heteroatoms. The van der Waals surface area contributed by atoms with E-state index in [1.54, 1.807) is 50.0 Å². The zero-order valence-corrected chi connectivity index (χ0v) is 51.0. The Morgan fingerprint density at radius 2 is 0.967 bits per heavy atom. The molecule has 5 nitrogen and oxygen atoms in total. The predicted octanol–water partition coefficient (Wildman–Crippen LogP) is 16.3. The number of nitrogens with one attached hydrogen (secondary N) is 1. The van der Waals surface area contributed by atoms with Crippen molar-refractivity contribution < 1.29 is 51.3 Å². The zero-order valence-electron chi connectivity index (χ0n) is 41.1. The molecular formula is C47H92Cl2N2O3P4PdPtS. The molecule has 1 aromatic carbocycles. The van der Waals surface area contributed by atoms with Gasteiger partial charge in [-0.1, -0.05) is 135 Å². The molecule has 0 fully saturated rings. The molecule has 1 amide bonds. The van der Waals surface area contributed by atoms with Crippen LogP contribution < -0.4 is 5.32 Å². The van der Waals surface area contributed by atoms with Gasteiger partial charge < -0.3 is 33.6 Å². The third-order valence-electron chi connectivity index (χ3n) is 9.68. The second-order valence-corrected chi connectivity index (χ2v) is 26.2. The van der Waals surface area contributed by atoms with Crippen LogP contribution in [-0.4, -0.2) is 105 Å². The van der Waals surface area contributed by atoms with Crippen LogP contribution in [0.25, 0.3) is 0 Å². The molecule has 0 aliphatic rings. The van der Waals surface area contributed by atoms with Gasteiger partial charge in [0.2, 0.25) is 0 Å². The number of halogens is 2. The summed E-state index contributed by atoms with van der Waals surface area (Å²) in [5.74, 6) is 1.16. The van der Waals surface area contributed by atoms with Crippen molar-refractivity contribution in [3.8, 4) is 5.92 Å². The van der Waals surface area contributed by atoms with Gasteiger partial charge in [-0.05, 0) is 112 Å². The topological polar surface area (TPSA) is 67.8 Å². The van der Waals surface area contributed by atoms with Crippen LogP contribution in [0, 0.1) is 12.3 Å². The fraction of sp³-hybridized carbons (Fsp3) is 0.766. The molecule has 0 aliphatic carbocycles. The average molecular weight is 1260 g/mol. The molecule has 1 atom stereocenters. The van der Waals surface area contributed by atoms with Gasteiger partial charge in [0.15, 0.2) is 0 Å². The van der Waals surface area contributed by atoms with E-state index < -0.39 is 12.0 Å². The van der Waals surface area contributed by atoms with Gasteiger partial charge in [0.25, 0.3) is 5.91 Å². The van der Waals surface area contributed by atoms with Crippen molar-refractivity contribution in [2.75, 3.05) is 80.5 Å². The van der Waals surface area contributed by atoms with Gasteiger partial charge >= 0.3 is 61.9 Å². The van der Waals surface area contributed by atoms with Crippen LogP contribution in [0.4, 0.5) is 5.69 Å². The van der Waals surface area contributed by atoms with Crippen molar-refractivity contribution in [1.82, 2.24) is 5.32 Å². The molecule has 1 aromatic rings. The molecule has 0 bridgehead atoms. The molecule has 0 heterocycles. The van der Waals surface area contributed by atoms with Crippen LogP contribution in [-0.2, 0) is 46.5 Å². The van der Waals surface area contributed by atoms with Crippen LogP contribution in [0.2, 0.25) is 0 Å². The Hall–Kier alpha value is 1.39. The van der Waals surface area contributed by atoms with Gasteiger partial charge in [-0.15, -0.1) is 31.7 Å². The van der Waals surface area contributed by atoms with Crippen LogP contribution >= 0.6 is 64.1 Å². The molecule has 0 saturated carbocycles. The second-order valence-electron chi connectivity index (χ2n) is 13.2. The molecule has 1 N–H and O–H groups in total.